The SMILES string of the molecule is CNCc1nnc(NC(C)COC)o1. The predicted molar refractivity (Wildman–Crippen MR) is 52.0 cm³/mol. The standard InChI is InChI=1S/C8H16N4O2/c1-6(5-13-3)10-8-12-11-7(14-8)4-9-2/h6,9H,4-5H2,1-3H3,(H,10,12). The van der Waals surface area contributed by atoms with Gasteiger partial charge in [0.1, 0.15) is 0 Å². The Balaban J connectivity index is 2.42. The average molecular weight is 200 g/mol. The third-order valence-corrected chi connectivity index (χ3v) is 1.58. The number of nitrogens with zero attached hydrogens (tertiary/aromatic N) is 2. The zero-order chi connectivity index (χ0) is 10.4. The number of rotatable bonds is 6. The molecule has 80 valence electrons. The van der Waals surface area contributed by atoms with Gasteiger partial charge >= 0.3 is 6.01 Å². The fraction of sp³-hybridized carbons (Fsp3) is 0.750. The third kappa shape index (κ3) is 3.31. The molecule has 6 heteroatoms. The number of hydrogen-bond acceptors (Lipinski definition) is 6. The lowest BCUT2D eigenvalue weighted by atomic mass is 10.4. The van der Waals surface area contributed by atoms with Crippen molar-refractivity contribution < 1.29 is 9.15 Å². The maximum atomic E-state index is 5.29. The Morgan fingerprint density at radius 3 is 2.93 bits per heavy atom. The number of anilines is 1. The Bertz CT molecular complexity index is 264. The largest absolute Gasteiger partial charge is 0.407 e. The van der Waals surface area contributed by atoms with Crippen LogP contribution in [0.4, 0.5) is 6.01 Å². The molecule has 1 heterocycles. The van der Waals surface area contributed by atoms with Crippen molar-refractivity contribution in [3.8, 4) is 0 Å². The maximum Gasteiger partial charge on any atom is 0.315 e. The van der Waals surface area contributed by atoms with Crippen molar-refractivity contribution in [1.82, 2.24) is 15.5 Å². The fourth-order valence-electron chi connectivity index (χ4n) is 1.04. The molecule has 2 N–H and O–H groups in total. The first-order chi connectivity index (χ1) is 6.76. The first-order valence-electron chi connectivity index (χ1n) is 4.48. The molecule has 0 fully saturated rings. The van der Waals surface area contributed by atoms with Crippen LogP contribution in [0.15, 0.2) is 4.42 Å². The summed E-state index contributed by atoms with van der Waals surface area (Å²) in [7, 11) is 3.48. The highest BCUT2D eigenvalue weighted by Crippen LogP contribution is 2.06. The Hall–Kier alpha value is -1.14. The van der Waals surface area contributed by atoms with Gasteiger partial charge in [0, 0.05) is 7.11 Å². The molecule has 0 bridgehead atoms. The number of aromatic nitrogens is 2. The van der Waals surface area contributed by atoms with Crippen LogP contribution in [-0.2, 0) is 11.3 Å². The summed E-state index contributed by atoms with van der Waals surface area (Å²) in [5.74, 6) is 0.569. The number of hydrogen-bond donors (Lipinski definition) is 2. The van der Waals surface area contributed by atoms with Crippen molar-refractivity contribution in [2.45, 2.75) is 19.5 Å². The van der Waals surface area contributed by atoms with E-state index in [1.807, 2.05) is 14.0 Å². The van der Waals surface area contributed by atoms with Gasteiger partial charge in [-0.2, -0.15) is 0 Å². The Morgan fingerprint density at radius 2 is 2.29 bits per heavy atom. The van der Waals surface area contributed by atoms with Gasteiger partial charge in [0.15, 0.2) is 0 Å². The molecule has 0 aromatic carbocycles. The monoisotopic (exact) mass is 200 g/mol. The highest BCUT2D eigenvalue weighted by Gasteiger charge is 2.07. The van der Waals surface area contributed by atoms with Crippen LogP contribution in [0.1, 0.15) is 12.8 Å². The zero-order valence-electron chi connectivity index (χ0n) is 8.70. The summed E-state index contributed by atoms with van der Waals surface area (Å²) in [6, 6.07) is 0.586. The van der Waals surface area contributed by atoms with Crippen LogP contribution >= 0.6 is 0 Å². The Labute approximate surface area is 83.0 Å². The topological polar surface area (TPSA) is 72.2 Å². The molecule has 1 rings (SSSR count). The summed E-state index contributed by atoms with van der Waals surface area (Å²) in [4.78, 5) is 0. The van der Waals surface area contributed by atoms with E-state index in [0.717, 1.165) is 0 Å². The van der Waals surface area contributed by atoms with Crippen molar-refractivity contribution >= 4 is 6.01 Å². The maximum absolute atomic E-state index is 5.29. The molecular weight excluding hydrogens is 184 g/mol. The van der Waals surface area contributed by atoms with Crippen molar-refractivity contribution in [2.75, 3.05) is 26.1 Å². The van der Waals surface area contributed by atoms with Crippen LogP contribution in [0, 0.1) is 0 Å². The van der Waals surface area contributed by atoms with E-state index in [-0.39, 0.29) is 6.04 Å². The lowest BCUT2D eigenvalue weighted by Crippen LogP contribution is -2.20. The summed E-state index contributed by atoms with van der Waals surface area (Å²) >= 11 is 0. The molecular formula is C8H16N4O2. The minimum atomic E-state index is 0.155. The lowest BCUT2D eigenvalue weighted by molar-refractivity contribution is 0.189. The summed E-state index contributed by atoms with van der Waals surface area (Å²) in [5, 5.41) is 13.6. The molecule has 1 unspecified atom stereocenters. The van der Waals surface area contributed by atoms with Gasteiger partial charge in [0.25, 0.3) is 0 Å². The van der Waals surface area contributed by atoms with Crippen LogP contribution < -0.4 is 10.6 Å². The molecule has 1 aromatic heterocycles. The minimum Gasteiger partial charge on any atom is -0.407 e. The smallest absolute Gasteiger partial charge is 0.315 e. The number of nitrogens with one attached hydrogen (secondary N) is 2. The van der Waals surface area contributed by atoms with Crippen molar-refractivity contribution in [3.05, 3.63) is 5.89 Å². The average Bonchev–Trinajstić information content (AvgIpc) is 2.53. The number of methoxy groups -OCH3 is 1. The van der Waals surface area contributed by atoms with E-state index in [4.69, 9.17) is 9.15 Å². The van der Waals surface area contributed by atoms with E-state index in [0.29, 0.717) is 25.1 Å². The van der Waals surface area contributed by atoms with Crippen LogP contribution in [0.5, 0.6) is 0 Å². The van der Waals surface area contributed by atoms with Gasteiger partial charge in [-0.3, -0.25) is 0 Å². The Morgan fingerprint density at radius 1 is 1.50 bits per heavy atom. The summed E-state index contributed by atoms with van der Waals surface area (Å²) in [6.45, 7) is 3.16. The molecule has 14 heavy (non-hydrogen) atoms. The van der Waals surface area contributed by atoms with E-state index in [9.17, 15) is 0 Å². The highest BCUT2D eigenvalue weighted by atomic mass is 16.5. The second-order valence-electron chi connectivity index (χ2n) is 3.03. The Kier molecular flexibility index (Phi) is 4.34. The first-order valence-corrected chi connectivity index (χ1v) is 4.48. The molecule has 0 radical (unpaired) electrons. The van der Waals surface area contributed by atoms with Gasteiger partial charge in [-0.25, -0.2) is 0 Å². The van der Waals surface area contributed by atoms with Gasteiger partial charge in [-0.15, -0.1) is 5.10 Å². The summed E-state index contributed by atoms with van der Waals surface area (Å²) in [5.41, 5.74) is 0. The molecule has 1 atom stereocenters. The second-order valence-corrected chi connectivity index (χ2v) is 3.03. The molecule has 6 nitrogen and oxygen atoms in total. The minimum absolute atomic E-state index is 0.155. The van der Waals surface area contributed by atoms with Crippen LogP contribution in [0.2, 0.25) is 0 Å². The normalized spacial score (nSPS) is 12.8. The van der Waals surface area contributed by atoms with Crippen molar-refractivity contribution in [1.29, 1.82) is 0 Å². The summed E-state index contributed by atoms with van der Waals surface area (Å²) < 4.78 is 10.3. The van der Waals surface area contributed by atoms with Crippen LogP contribution in [0.25, 0.3) is 0 Å². The molecule has 0 saturated heterocycles. The van der Waals surface area contributed by atoms with Gasteiger partial charge in [0.2, 0.25) is 5.89 Å². The van der Waals surface area contributed by atoms with Gasteiger partial charge in [0.05, 0.1) is 19.2 Å². The fourth-order valence-corrected chi connectivity index (χ4v) is 1.04. The molecule has 0 amide bonds. The van der Waals surface area contributed by atoms with E-state index < -0.39 is 0 Å². The van der Waals surface area contributed by atoms with E-state index in [2.05, 4.69) is 20.8 Å². The van der Waals surface area contributed by atoms with Gasteiger partial charge < -0.3 is 19.8 Å². The quantitative estimate of drug-likeness (QED) is 0.685. The molecule has 0 saturated carbocycles. The van der Waals surface area contributed by atoms with Gasteiger partial charge in [-0.1, -0.05) is 5.10 Å². The highest BCUT2D eigenvalue weighted by molar-refractivity contribution is 5.18. The van der Waals surface area contributed by atoms with Crippen LogP contribution in [0.3, 0.4) is 0 Å². The van der Waals surface area contributed by atoms with E-state index in [1.54, 1.807) is 7.11 Å². The van der Waals surface area contributed by atoms with E-state index in [1.165, 1.54) is 0 Å². The second kappa shape index (κ2) is 5.56. The zero-order valence-corrected chi connectivity index (χ0v) is 8.70. The van der Waals surface area contributed by atoms with Crippen molar-refractivity contribution in [3.63, 3.8) is 0 Å². The van der Waals surface area contributed by atoms with E-state index >= 15 is 0 Å². The third-order valence-electron chi connectivity index (χ3n) is 1.58. The first kappa shape index (κ1) is 10.9. The lowest BCUT2D eigenvalue weighted by Gasteiger charge is -2.09. The molecule has 0 aliphatic carbocycles. The number of ether oxygens (including phenoxy) is 1. The predicted octanol–water partition coefficient (Wildman–Crippen LogP) is 0.236. The molecule has 0 aliphatic rings. The molecule has 0 aliphatic heterocycles. The molecule has 1 aromatic rings. The van der Waals surface area contributed by atoms with Crippen molar-refractivity contribution in [2.24, 2.45) is 0 Å². The summed E-state index contributed by atoms with van der Waals surface area (Å²) in [6.07, 6.45) is 0. The molecule has 0 spiro atoms. The van der Waals surface area contributed by atoms with Crippen LogP contribution in [-0.4, -0.2) is 37.0 Å². The van der Waals surface area contributed by atoms with Gasteiger partial charge in [-0.05, 0) is 14.0 Å².